The Balaban J connectivity index is 1.59. The first kappa shape index (κ1) is 26.1. The van der Waals surface area contributed by atoms with Crippen LogP contribution in [0, 0.1) is 0 Å². The number of anilines is 1. The summed E-state index contributed by atoms with van der Waals surface area (Å²) in [6.07, 6.45) is 1.19. The molecule has 0 unspecified atom stereocenters. The van der Waals surface area contributed by atoms with Gasteiger partial charge in [-0.3, -0.25) is 9.10 Å². The van der Waals surface area contributed by atoms with Crippen LogP contribution in [0.3, 0.4) is 0 Å². The minimum Gasteiger partial charge on any atom is -0.493 e. The van der Waals surface area contributed by atoms with Gasteiger partial charge < -0.3 is 14.8 Å². The Morgan fingerprint density at radius 3 is 2.14 bits per heavy atom. The molecule has 0 atom stereocenters. The van der Waals surface area contributed by atoms with E-state index in [4.69, 9.17) is 9.47 Å². The number of hydrogen-bond donors (Lipinski definition) is 1. The number of para-hydroxylation sites is 2. The molecule has 0 aromatic heterocycles. The van der Waals surface area contributed by atoms with Crippen molar-refractivity contribution in [1.29, 1.82) is 0 Å². The number of carbonyl (C=O) groups excluding carboxylic acids is 1. The number of rotatable bonds is 11. The molecule has 0 bridgehead atoms. The molecule has 0 fully saturated rings. The molecule has 35 heavy (non-hydrogen) atoms. The van der Waals surface area contributed by atoms with Crippen LogP contribution in [0.4, 0.5) is 5.69 Å². The summed E-state index contributed by atoms with van der Waals surface area (Å²) in [6.45, 7) is 4.98. The van der Waals surface area contributed by atoms with Gasteiger partial charge >= 0.3 is 0 Å². The van der Waals surface area contributed by atoms with E-state index in [2.05, 4.69) is 19.2 Å². The number of carbonyl (C=O) groups is 1. The minimum absolute atomic E-state index is 0.175. The zero-order valence-electron chi connectivity index (χ0n) is 20.5. The molecular formula is C27H32N2O5S. The van der Waals surface area contributed by atoms with Gasteiger partial charge in [0.1, 0.15) is 6.61 Å². The predicted molar refractivity (Wildman–Crippen MR) is 139 cm³/mol. The third-order valence-corrected chi connectivity index (χ3v) is 6.65. The van der Waals surface area contributed by atoms with Gasteiger partial charge in [-0.1, -0.05) is 50.2 Å². The lowest BCUT2D eigenvalue weighted by Crippen LogP contribution is -2.29. The Kier molecular flexibility index (Phi) is 8.76. The largest absolute Gasteiger partial charge is 0.493 e. The summed E-state index contributed by atoms with van der Waals surface area (Å²) in [7, 11) is -1.91. The fourth-order valence-corrected chi connectivity index (χ4v) is 4.41. The van der Waals surface area contributed by atoms with Gasteiger partial charge in [0.15, 0.2) is 11.5 Å². The first-order valence-electron chi connectivity index (χ1n) is 11.4. The van der Waals surface area contributed by atoms with Gasteiger partial charge in [-0.25, -0.2) is 8.42 Å². The van der Waals surface area contributed by atoms with E-state index in [9.17, 15) is 13.2 Å². The summed E-state index contributed by atoms with van der Waals surface area (Å²) in [5, 5.41) is 2.82. The standard InChI is InChI=1S/C27H32N2O5S/c1-20(2)22-13-15-24(16-14-22)29(35(4,31)32)19-21-9-11-23(12-10-21)27(30)28-17-18-34-26-8-6-5-7-25(26)33-3/h5-16,20H,17-19H2,1-4H3,(H,28,30). The number of benzene rings is 3. The Morgan fingerprint density at radius 1 is 0.943 bits per heavy atom. The molecule has 0 spiro atoms. The van der Waals surface area contributed by atoms with Gasteiger partial charge in [-0.2, -0.15) is 0 Å². The van der Waals surface area contributed by atoms with Gasteiger partial charge in [0.2, 0.25) is 10.0 Å². The molecule has 3 aromatic carbocycles. The van der Waals surface area contributed by atoms with Crippen molar-refractivity contribution in [2.45, 2.75) is 26.3 Å². The number of hydrogen-bond acceptors (Lipinski definition) is 5. The van der Waals surface area contributed by atoms with E-state index in [0.29, 0.717) is 41.8 Å². The van der Waals surface area contributed by atoms with Crippen LogP contribution < -0.4 is 19.1 Å². The summed E-state index contributed by atoms with van der Waals surface area (Å²) in [5.41, 5.74) is 3.01. The molecule has 3 aromatic rings. The highest BCUT2D eigenvalue weighted by Crippen LogP contribution is 2.26. The number of sulfonamides is 1. The van der Waals surface area contributed by atoms with Crippen LogP contribution in [-0.2, 0) is 16.6 Å². The van der Waals surface area contributed by atoms with Gasteiger partial charge in [0.05, 0.1) is 32.1 Å². The second kappa shape index (κ2) is 11.8. The maximum atomic E-state index is 12.5. The molecule has 0 radical (unpaired) electrons. The molecule has 186 valence electrons. The molecule has 0 aliphatic rings. The van der Waals surface area contributed by atoms with Crippen LogP contribution in [-0.4, -0.2) is 40.8 Å². The normalized spacial score (nSPS) is 11.2. The highest BCUT2D eigenvalue weighted by atomic mass is 32.2. The van der Waals surface area contributed by atoms with Crippen molar-refractivity contribution >= 4 is 21.6 Å². The molecule has 0 saturated heterocycles. The van der Waals surface area contributed by atoms with Crippen LogP contribution >= 0.6 is 0 Å². The molecule has 3 rings (SSSR count). The monoisotopic (exact) mass is 496 g/mol. The highest BCUT2D eigenvalue weighted by molar-refractivity contribution is 7.92. The SMILES string of the molecule is COc1ccccc1OCCNC(=O)c1ccc(CN(c2ccc(C(C)C)cc2)S(C)(=O)=O)cc1. The van der Waals surface area contributed by atoms with E-state index in [1.807, 2.05) is 36.4 Å². The van der Waals surface area contributed by atoms with Crippen molar-refractivity contribution in [1.82, 2.24) is 5.32 Å². The predicted octanol–water partition coefficient (Wildman–Crippen LogP) is 4.59. The second-order valence-electron chi connectivity index (χ2n) is 8.47. The second-order valence-corrected chi connectivity index (χ2v) is 10.4. The lowest BCUT2D eigenvalue weighted by molar-refractivity contribution is 0.0947. The van der Waals surface area contributed by atoms with E-state index in [0.717, 1.165) is 11.1 Å². The summed E-state index contributed by atoms with van der Waals surface area (Å²) in [4.78, 5) is 12.5. The summed E-state index contributed by atoms with van der Waals surface area (Å²) >= 11 is 0. The van der Waals surface area contributed by atoms with Crippen molar-refractivity contribution < 1.29 is 22.7 Å². The van der Waals surface area contributed by atoms with E-state index >= 15 is 0 Å². The third kappa shape index (κ3) is 7.23. The lowest BCUT2D eigenvalue weighted by Gasteiger charge is -2.23. The fourth-order valence-electron chi connectivity index (χ4n) is 3.52. The number of ether oxygens (including phenoxy) is 2. The average Bonchev–Trinajstić information content (AvgIpc) is 2.85. The van der Waals surface area contributed by atoms with E-state index in [1.54, 1.807) is 43.5 Å². The highest BCUT2D eigenvalue weighted by Gasteiger charge is 2.18. The molecule has 0 heterocycles. The first-order chi connectivity index (χ1) is 16.7. The van der Waals surface area contributed by atoms with E-state index in [1.165, 1.54) is 10.6 Å². The minimum atomic E-state index is -3.49. The fraction of sp³-hybridized carbons (Fsp3) is 0.296. The maximum Gasteiger partial charge on any atom is 0.251 e. The zero-order valence-corrected chi connectivity index (χ0v) is 21.3. The third-order valence-electron chi connectivity index (χ3n) is 5.50. The quantitative estimate of drug-likeness (QED) is 0.393. The molecule has 7 nitrogen and oxygen atoms in total. The summed E-state index contributed by atoms with van der Waals surface area (Å²) in [6, 6.07) is 21.8. The van der Waals surface area contributed by atoms with Crippen molar-refractivity contribution in [3.63, 3.8) is 0 Å². The van der Waals surface area contributed by atoms with Crippen molar-refractivity contribution in [2.24, 2.45) is 0 Å². The smallest absolute Gasteiger partial charge is 0.251 e. The first-order valence-corrected chi connectivity index (χ1v) is 13.2. The average molecular weight is 497 g/mol. The molecule has 8 heteroatoms. The van der Waals surface area contributed by atoms with Gasteiger partial charge in [-0.05, 0) is 53.4 Å². The number of amides is 1. The van der Waals surface area contributed by atoms with Crippen LogP contribution in [0.15, 0.2) is 72.8 Å². The van der Waals surface area contributed by atoms with Crippen LogP contribution in [0.25, 0.3) is 0 Å². The molecule has 0 aliphatic heterocycles. The Labute approximate surface area is 207 Å². The van der Waals surface area contributed by atoms with Crippen LogP contribution in [0.2, 0.25) is 0 Å². The van der Waals surface area contributed by atoms with E-state index < -0.39 is 10.0 Å². The van der Waals surface area contributed by atoms with Gasteiger partial charge in [0.25, 0.3) is 5.91 Å². The van der Waals surface area contributed by atoms with Gasteiger partial charge in [-0.15, -0.1) is 0 Å². The van der Waals surface area contributed by atoms with Crippen LogP contribution in [0.5, 0.6) is 11.5 Å². The molecular weight excluding hydrogens is 464 g/mol. The molecule has 1 amide bonds. The van der Waals surface area contributed by atoms with Crippen molar-refractivity contribution in [3.05, 3.63) is 89.5 Å². The van der Waals surface area contributed by atoms with Crippen molar-refractivity contribution in [3.8, 4) is 11.5 Å². The number of nitrogens with one attached hydrogen (secondary N) is 1. The summed E-state index contributed by atoms with van der Waals surface area (Å²) < 4.78 is 37.2. The topological polar surface area (TPSA) is 84.9 Å². The number of methoxy groups -OCH3 is 1. The lowest BCUT2D eigenvalue weighted by atomic mass is 10.0. The maximum absolute atomic E-state index is 12.5. The van der Waals surface area contributed by atoms with Gasteiger partial charge in [0, 0.05) is 5.56 Å². The zero-order chi connectivity index (χ0) is 25.4. The van der Waals surface area contributed by atoms with Crippen LogP contribution in [0.1, 0.15) is 41.3 Å². The molecule has 0 saturated carbocycles. The van der Waals surface area contributed by atoms with Crippen molar-refractivity contribution in [2.75, 3.05) is 30.8 Å². The number of nitrogens with zero attached hydrogens (tertiary/aromatic N) is 1. The van der Waals surface area contributed by atoms with E-state index in [-0.39, 0.29) is 12.5 Å². The Bertz CT molecular complexity index is 1220. The summed E-state index contributed by atoms with van der Waals surface area (Å²) in [5.74, 6) is 1.38. The Morgan fingerprint density at radius 2 is 1.57 bits per heavy atom. The Hall–Kier alpha value is -3.52. The molecule has 0 aliphatic carbocycles. The molecule has 1 N–H and O–H groups in total.